The van der Waals surface area contributed by atoms with E-state index < -0.39 is 0 Å². The van der Waals surface area contributed by atoms with E-state index in [0.717, 1.165) is 62.7 Å². The smallest absolute Gasteiger partial charge is 0.0973 e. The van der Waals surface area contributed by atoms with Crippen LogP contribution in [0.15, 0.2) is 194 Å². The molecule has 2 heterocycles. The van der Waals surface area contributed by atoms with Crippen LogP contribution >= 0.6 is 0 Å². The summed E-state index contributed by atoms with van der Waals surface area (Å²) in [4.78, 5) is 12.7. The molecule has 4 heteroatoms. The summed E-state index contributed by atoms with van der Waals surface area (Å²) in [6.45, 7) is 2.28. The lowest BCUT2D eigenvalue weighted by Crippen LogP contribution is -2.10. The number of nitrogens with zero attached hydrogens (tertiary/aromatic N) is 4. The fourth-order valence-corrected chi connectivity index (χ4v) is 8.03. The number of benzene rings is 7. The highest BCUT2D eigenvalue weighted by Gasteiger charge is 2.20. The zero-order valence-electron chi connectivity index (χ0n) is 30.5. The van der Waals surface area contributed by atoms with E-state index in [1.165, 1.54) is 32.9 Å². The Hall–Kier alpha value is -7.04. The summed E-state index contributed by atoms with van der Waals surface area (Å²) in [5, 5.41) is 2.43. The molecule has 9 aromatic rings. The van der Waals surface area contributed by atoms with Gasteiger partial charge in [0.25, 0.3) is 0 Å². The summed E-state index contributed by atoms with van der Waals surface area (Å²) in [7, 11) is 0. The van der Waals surface area contributed by atoms with Gasteiger partial charge in [0.2, 0.25) is 0 Å². The Morgan fingerprint density at radius 3 is 1.85 bits per heavy atom. The first kappa shape index (κ1) is 32.6. The van der Waals surface area contributed by atoms with Crippen molar-refractivity contribution < 1.29 is 0 Å². The zero-order chi connectivity index (χ0) is 36.7. The molecule has 0 bridgehead atoms. The number of anilines is 3. The molecule has 7 aromatic carbocycles. The minimum Gasteiger partial charge on any atom is -0.310 e. The van der Waals surface area contributed by atoms with Crippen molar-refractivity contribution in [3.05, 3.63) is 200 Å². The second kappa shape index (κ2) is 13.7. The van der Waals surface area contributed by atoms with Gasteiger partial charge in [0, 0.05) is 44.6 Å². The Kier molecular flexibility index (Phi) is 8.15. The van der Waals surface area contributed by atoms with Crippen molar-refractivity contribution >= 4 is 55.5 Å². The molecule has 0 radical (unpaired) electrons. The molecule has 262 valence electrons. The van der Waals surface area contributed by atoms with Crippen molar-refractivity contribution in [2.24, 2.45) is 5.92 Å². The molecule has 0 amide bonds. The summed E-state index contributed by atoms with van der Waals surface area (Å²) in [6, 6.07) is 62.4. The first-order chi connectivity index (χ1) is 27.2. The molecule has 0 saturated carbocycles. The predicted molar refractivity (Wildman–Crippen MR) is 230 cm³/mol. The third-order valence-electron chi connectivity index (χ3n) is 10.7. The van der Waals surface area contributed by atoms with Crippen LogP contribution in [-0.2, 0) is 0 Å². The van der Waals surface area contributed by atoms with Crippen LogP contribution in [0.25, 0.3) is 66.6 Å². The number of rotatable bonds is 7. The number of hydrogen-bond donors (Lipinski definition) is 0. The van der Waals surface area contributed by atoms with Crippen molar-refractivity contribution in [1.29, 1.82) is 0 Å². The maximum Gasteiger partial charge on any atom is 0.0973 e. The third kappa shape index (κ3) is 5.98. The summed E-state index contributed by atoms with van der Waals surface area (Å²) in [5.74, 6) is 0.510. The highest BCUT2D eigenvalue weighted by atomic mass is 15.1. The Morgan fingerprint density at radius 2 is 1.11 bits per heavy atom. The molecular weight excluding hydrogens is 669 g/mol. The minimum atomic E-state index is 0.510. The lowest BCUT2D eigenvalue weighted by atomic mass is 9.93. The normalized spacial score (nSPS) is 14.1. The van der Waals surface area contributed by atoms with Crippen molar-refractivity contribution in [3.8, 4) is 28.2 Å². The van der Waals surface area contributed by atoms with Gasteiger partial charge in [-0.25, -0.2) is 9.97 Å². The molecule has 0 fully saturated rings. The fourth-order valence-electron chi connectivity index (χ4n) is 8.03. The molecule has 0 aliphatic heterocycles. The standard InChI is InChI=1S/C51H38N4/c1-35-14-12-17-38(32-35)39-18-13-21-42(33-39)54(43-30-31-49-45(34-43)44-22-8-11-25-48(44)55(49)40-19-6-3-7-20-40)41-28-26-37(27-29-41)51-50(36-15-4-2-5-16-36)52-46-23-9-10-24-47(46)53-51/h2-13,15-35H,14H2,1H3. The highest BCUT2D eigenvalue weighted by molar-refractivity contribution is 6.10. The molecule has 1 atom stereocenters. The van der Waals surface area contributed by atoms with Gasteiger partial charge in [0.05, 0.1) is 33.5 Å². The van der Waals surface area contributed by atoms with Gasteiger partial charge in [-0.3, -0.25) is 0 Å². The molecule has 0 spiro atoms. The van der Waals surface area contributed by atoms with Crippen LogP contribution in [0.1, 0.15) is 18.9 Å². The van der Waals surface area contributed by atoms with Crippen LogP contribution in [0.3, 0.4) is 0 Å². The highest BCUT2D eigenvalue weighted by Crippen LogP contribution is 2.42. The summed E-state index contributed by atoms with van der Waals surface area (Å²) in [6.07, 6.45) is 8.01. The summed E-state index contributed by atoms with van der Waals surface area (Å²) >= 11 is 0. The monoisotopic (exact) mass is 706 g/mol. The van der Waals surface area contributed by atoms with Crippen molar-refractivity contribution in [1.82, 2.24) is 14.5 Å². The lowest BCUT2D eigenvalue weighted by Gasteiger charge is -2.27. The van der Waals surface area contributed by atoms with Crippen LogP contribution in [0, 0.1) is 5.92 Å². The van der Waals surface area contributed by atoms with E-state index in [9.17, 15) is 0 Å². The van der Waals surface area contributed by atoms with Crippen molar-refractivity contribution in [3.63, 3.8) is 0 Å². The number of aromatic nitrogens is 3. The largest absolute Gasteiger partial charge is 0.310 e. The maximum absolute atomic E-state index is 5.18. The van der Waals surface area contributed by atoms with Crippen LogP contribution in [0.4, 0.5) is 17.1 Å². The first-order valence-corrected chi connectivity index (χ1v) is 19.0. The van der Waals surface area contributed by atoms with Crippen LogP contribution in [0.5, 0.6) is 0 Å². The maximum atomic E-state index is 5.18. The van der Waals surface area contributed by atoms with Crippen LogP contribution < -0.4 is 4.90 Å². The topological polar surface area (TPSA) is 34.0 Å². The molecule has 1 aliphatic carbocycles. The average Bonchev–Trinajstić information content (AvgIpc) is 3.58. The van der Waals surface area contributed by atoms with Gasteiger partial charge in [-0.15, -0.1) is 0 Å². The van der Waals surface area contributed by atoms with E-state index in [0.29, 0.717) is 5.92 Å². The molecule has 4 nitrogen and oxygen atoms in total. The van der Waals surface area contributed by atoms with Gasteiger partial charge in [-0.2, -0.15) is 0 Å². The number of fused-ring (bicyclic) bond motifs is 4. The lowest BCUT2D eigenvalue weighted by molar-refractivity contribution is 0.740. The Morgan fingerprint density at radius 1 is 0.509 bits per heavy atom. The van der Waals surface area contributed by atoms with Gasteiger partial charge in [-0.1, -0.05) is 128 Å². The van der Waals surface area contributed by atoms with E-state index in [2.05, 4.69) is 180 Å². The molecule has 1 unspecified atom stereocenters. The van der Waals surface area contributed by atoms with E-state index in [-0.39, 0.29) is 0 Å². The summed E-state index contributed by atoms with van der Waals surface area (Å²) < 4.78 is 2.37. The van der Waals surface area contributed by atoms with E-state index in [1.54, 1.807) is 0 Å². The van der Waals surface area contributed by atoms with Gasteiger partial charge in [0.1, 0.15) is 0 Å². The van der Waals surface area contributed by atoms with Gasteiger partial charge < -0.3 is 9.47 Å². The molecule has 0 saturated heterocycles. The van der Waals surface area contributed by atoms with E-state index in [4.69, 9.17) is 9.97 Å². The van der Waals surface area contributed by atoms with Crippen LogP contribution in [0.2, 0.25) is 0 Å². The van der Waals surface area contributed by atoms with Gasteiger partial charge in [-0.05, 0) is 96.3 Å². The van der Waals surface area contributed by atoms with E-state index in [1.807, 2.05) is 30.3 Å². The Balaban J connectivity index is 1.14. The average molecular weight is 707 g/mol. The second-order valence-corrected chi connectivity index (χ2v) is 14.3. The zero-order valence-corrected chi connectivity index (χ0v) is 30.5. The molecule has 1 aliphatic rings. The van der Waals surface area contributed by atoms with Crippen LogP contribution in [-0.4, -0.2) is 14.5 Å². The SMILES string of the molecule is CC1C=C(c2cccc(N(c3ccc(-c4nc5ccccc5nc4-c4ccccc4)cc3)c3ccc4c(c3)c3ccccc3n4-c3ccccc3)c2)C=CC1. The first-order valence-electron chi connectivity index (χ1n) is 19.0. The Labute approximate surface area is 321 Å². The fraction of sp³-hybridized carbons (Fsp3) is 0.0588. The molecule has 0 N–H and O–H groups in total. The molecular formula is C51H38N4. The number of allylic oxidation sites excluding steroid dienone is 4. The predicted octanol–water partition coefficient (Wildman–Crippen LogP) is 13.5. The molecule has 55 heavy (non-hydrogen) atoms. The summed E-state index contributed by atoms with van der Waals surface area (Å²) in [5.41, 5.74) is 14.8. The second-order valence-electron chi connectivity index (χ2n) is 14.3. The molecule has 10 rings (SSSR count). The number of hydrogen-bond acceptors (Lipinski definition) is 3. The van der Waals surface area contributed by atoms with Gasteiger partial charge in [0.15, 0.2) is 0 Å². The quantitative estimate of drug-likeness (QED) is 0.165. The third-order valence-corrected chi connectivity index (χ3v) is 10.7. The van der Waals surface area contributed by atoms with Crippen molar-refractivity contribution in [2.75, 3.05) is 4.90 Å². The van der Waals surface area contributed by atoms with Crippen molar-refractivity contribution in [2.45, 2.75) is 13.3 Å². The Bertz CT molecular complexity index is 2900. The number of para-hydroxylation sites is 4. The van der Waals surface area contributed by atoms with Gasteiger partial charge >= 0.3 is 0 Å². The van der Waals surface area contributed by atoms with E-state index >= 15 is 0 Å². The minimum absolute atomic E-state index is 0.510. The molecule has 2 aromatic heterocycles.